The standard InChI is InChI=1S/C15H20N2O3/c1-11(20-13-5-3-2-4-6-13)15(19)17-9-7-12(8-10-17)14(16)18/h2-6,11-12H,7-10H2,1H3,(H2,16,18). The second kappa shape index (κ2) is 6.41. The van der Waals surface area contributed by atoms with Crippen LogP contribution in [-0.2, 0) is 9.59 Å². The molecule has 108 valence electrons. The Bertz CT molecular complexity index is 467. The normalized spacial score (nSPS) is 17.6. The molecule has 1 saturated heterocycles. The lowest BCUT2D eigenvalue weighted by molar-refractivity contribution is -0.140. The van der Waals surface area contributed by atoms with Crippen LogP contribution in [0, 0.1) is 5.92 Å². The molecule has 2 N–H and O–H groups in total. The summed E-state index contributed by atoms with van der Waals surface area (Å²) < 4.78 is 5.62. The van der Waals surface area contributed by atoms with Gasteiger partial charge in [0.05, 0.1) is 0 Å². The molecule has 2 amide bonds. The van der Waals surface area contributed by atoms with Crippen molar-refractivity contribution in [1.82, 2.24) is 4.90 Å². The van der Waals surface area contributed by atoms with Gasteiger partial charge < -0.3 is 15.4 Å². The lowest BCUT2D eigenvalue weighted by atomic mass is 9.96. The van der Waals surface area contributed by atoms with Gasteiger partial charge in [-0.15, -0.1) is 0 Å². The van der Waals surface area contributed by atoms with Crippen molar-refractivity contribution in [2.75, 3.05) is 13.1 Å². The Hall–Kier alpha value is -2.04. The number of likely N-dealkylation sites (tertiary alicyclic amines) is 1. The molecule has 1 heterocycles. The molecule has 1 unspecified atom stereocenters. The monoisotopic (exact) mass is 276 g/mol. The number of nitrogens with zero attached hydrogens (tertiary/aromatic N) is 1. The summed E-state index contributed by atoms with van der Waals surface area (Å²) >= 11 is 0. The number of hydrogen-bond donors (Lipinski definition) is 1. The van der Waals surface area contributed by atoms with E-state index in [1.807, 2.05) is 30.3 Å². The smallest absolute Gasteiger partial charge is 0.263 e. The second-order valence-electron chi connectivity index (χ2n) is 5.08. The molecule has 5 nitrogen and oxygen atoms in total. The van der Waals surface area contributed by atoms with E-state index in [9.17, 15) is 9.59 Å². The first-order valence-electron chi connectivity index (χ1n) is 6.87. The summed E-state index contributed by atoms with van der Waals surface area (Å²) in [4.78, 5) is 25.1. The number of carbonyl (C=O) groups excluding carboxylic acids is 2. The fraction of sp³-hybridized carbons (Fsp3) is 0.467. The van der Waals surface area contributed by atoms with Crippen LogP contribution in [0.4, 0.5) is 0 Å². The fourth-order valence-corrected chi connectivity index (χ4v) is 2.40. The minimum Gasteiger partial charge on any atom is -0.481 e. The zero-order chi connectivity index (χ0) is 14.5. The van der Waals surface area contributed by atoms with Gasteiger partial charge in [-0.1, -0.05) is 18.2 Å². The largest absolute Gasteiger partial charge is 0.481 e. The molecule has 0 aliphatic carbocycles. The van der Waals surface area contributed by atoms with Crippen LogP contribution >= 0.6 is 0 Å². The highest BCUT2D eigenvalue weighted by Crippen LogP contribution is 2.18. The predicted octanol–water partition coefficient (Wildman–Crippen LogP) is 1.18. The maximum atomic E-state index is 12.3. The average molecular weight is 276 g/mol. The van der Waals surface area contributed by atoms with Crippen molar-refractivity contribution in [3.8, 4) is 5.75 Å². The van der Waals surface area contributed by atoms with Crippen LogP contribution in [0.5, 0.6) is 5.75 Å². The molecular formula is C15H20N2O3. The SMILES string of the molecule is CC(Oc1ccccc1)C(=O)N1CCC(C(N)=O)CC1. The van der Waals surface area contributed by atoms with E-state index < -0.39 is 6.10 Å². The first-order chi connectivity index (χ1) is 9.58. The molecule has 1 aliphatic heterocycles. The molecule has 0 aromatic heterocycles. The molecule has 2 rings (SSSR count). The van der Waals surface area contributed by atoms with E-state index in [1.54, 1.807) is 11.8 Å². The van der Waals surface area contributed by atoms with Gasteiger partial charge in [0.15, 0.2) is 6.10 Å². The Balaban J connectivity index is 1.87. The number of rotatable bonds is 4. The van der Waals surface area contributed by atoms with Crippen LogP contribution in [0.15, 0.2) is 30.3 Å². The van der Waals surface area contributed by atoms with Gasteiger partial charge in [0.2, 0.25) is 5.91 Å². The molecule has 0 radical (unpaired) electrons. The number of hydrogen-bond acceptors (Lipinski definition) is 3. The van der Waals surface area contributed by atoms with E-state index in [0.29, 0.717) is 31.7 Å². The number of ether oxygens (including phenoxy) is 1. The topological polar surface area (TPSA) is 72.6 Å². The van der Waals surface area contributed by atoms with Crippen LogP contribution in [0.1, 0.15) is 19.8 Å². The lowest BCUT2D eigenvalue weighted by Crippen LogP contribution is -2.46. The number of para-hydroxylation sites is 1. The minimum absolute atomic E-state index is 0.0447. The number of benzene rings is 1. The Morgan fingerprint density at radius 3 is 2.40 bits per heavy atom. The van der Waals surface area contributed by atoms with Crippen molar-refractivity contribution in [3.63, 3.8) is 0 Å². The second-order valence-corrected chi connectivity index (χ2v) is 5.08. The Morgan fingerprint density at radius 2 is 1.85 bits per heavy atom. The van der Waals surface area contributed by atoms with Crippen LogP contribution in [0.2, 0.25) is 0 Å². The van der Waals surface area contributed by atoms with Crippen molar-refractivity contribution >= 4 is 11.8 Å². The first kappa shape index (κ1) is 14.4. The Kier molecular flexibility index (Phi) is 4.61. The Labute approximate surface area is 118 Å². The predicted molar refractivity (Wildman–Crippen MR) is 75.0 cm³/mol. The van der Waals surface area contributed by atoms with E-state index in [4.69, 9.17) is 10.5 Å². The molecule has 1 aliphatic rings. The first-order valence-corrected chi connectivity index (χ1v) is 6.87. The third-order valence-corrected chi connectivity index (χ3v) is 3.61. The highest BCUT2D eigenvalue weighted by atomic mass is 16.5. The molecule has 0 saturated carbocycles. The van der Waals surface area contributed by atoms with E-state index in [2.05, 4.69) is 0 Å². The van der Waals surface area contributed by atoms with E-state index in [0.717, 1.165) is 0 Å². The van der Waals surface area contributed by atoms with E-state index in [-0.39, 0.29) is 17.7 Å². The summed E-state index contributed by atoms with van der Waals surface area (Å²) in [5.74, 6) is 0.257. The van der Waals surface area contributed by atoms with Gasteiger partial charge in [-0.25, -0.2) is 0 Å². The van der Waals surface area contributed by atoms with E-state index in [1.165, 1.54) is 0 Å². The van der Waals surface area contributed by atoms with Gasteiger partial charge in [-0.2, -0.15) is 0 Å². The molecule has 0 spiro atoms. The number of amides is 2. The van der Waals surface area contributed by atoms with Crippen molar-refractivity contribution in [2.24, 2.45) is 11.7 Å². The summed E-state index contributed by atoms with van der Waals surface area (Å²) in [6, 6.07) is 9.27. The highest BCUT2D eigenvalue weighted by Gasteiger charge is 2.28. The maximum Gasteiger partial charge on any atom is 0.263 e. The van der Waals surface area contributed by atoms with Gasteiger partial charge >= 0.3 is 0 Å². The molecular weight excluding hydrogens is 256 g/mol. The van der Waals surface area contributed by atoms with Crippen LogP contribution in [-0.4, -0.2) is 35.9 Å². The van der Waals surface area contributed by atoms with Gasteiger partial charge in [0.25, 0.3) is 5.91 Å². The highest BCUT2D eigenvalue weighted by molar-refractivity contribution is 5.82. The summed E-state index contributed by atoms with van der Waals surface area (Å²) in [6.07, 6.45) is 0.751. The summed E-state index contributed by atoms with van der Waals surface area (Å²) in [5.41, 5.74) is 5.28. The molecule has 20 heavy (non-hydrogen) atoms. The van der Waals surface area contributed by atoms with Crippen LogP contribution in [0.25, 0.3) is 0 Å². The number of carbonyl (C=O) groups is 2. The summed E-state index contributed by atoms with van der Waals surface area (Å²) in [5, 5.41) is 0. The van der Waals surface area contributed by atoms with E-state index >= 15 is 0 Å². The number of piperidine rings is 1. The maximum absolute atomic E-state index is 12.3. The molecule has 5 heteroatoms. The van der Waals surface area contributed by atoms with Crippen molar-refractivity contribution in [2.45, 2.75) is 25.9 Å². The number of nitrogens with two attached hydrogens (primary N) is 1. The fourth-order valence-electron chi connectivity index (χ4n) is 2.40. The van der Waals surface area contributed by atoms with Gasteiger partial charge in [-0.05, 0) is 31.9 Å². The van der Waals surface area contributed by atoms with Gasteiger partial charge in [0.1, 0.15) is 5.75 Å². The number of primary amides is 1. The molecule has 1 aromatic rings. The zero-order valence-corrected chi connectivity index (χ0v) is 11.6. The third-order valence-electron chi connectivity index (χ3n) is 3.61. The average Bonchev–Trinajstić information content (AvgIpc) is 2.47. The minimum atomic E-state index is -0.525. The third kappa shape index (κ3) is 3.50. The molecule has 1 fully saturated rings. The van der Waals surface area contributed by atoms with Crippen LogP contribution < -0.4 is 10.5 Å². The van der Waals surface area contributed by atoms with Crippen molar-refractivity contribution < 1.29 is 14.3 Å². The van der Waals surface area contributed by atoms with Crippen molar-refractivity contribution in [3.05, 3.63) is 30.3 Å². The summed E-state index contributed by atoms with van der Waals surface area (Å²) in [7, 11) is 0. The molecule has 1 atom stereocenters. The zero-order valence-electron chi connectivity index (χ0n) is 11.6. The quantitative estimate of drug-likeness (QED) is 0.897. The van der Waals surface area contributed by atoms with Gasteiger partial charge in [-0.3, -0.25) is 9.59 Å². The molecule has 0 bridgehead atoms. The van der Waals surface area contributed by atoms with Crippen molar-refractivity contribution in [1.29, 1.82) is 0 Å². The summed E-state index contributed by atoms with van der Waals surface area (Å²) in [6.45, 7) is 2.87. The lowest BCUT2D eigenvalue weighted by Gasteiger charge is -2.32. The van der Waals surface area contributed by atoms with Gasteiger partial charge in [0, 0.05) is 19.0 Å². The Morgan fingerprint density at radius 1 is 1.25 bits per heavy atom. The molecule has 1 aromatic carbocycles. The van der Waals surface area contributed by atoms with Crippen LogP contribution in [0.3, 0.4) is 0 Å².